The number of carbonyl (C=O) groups is 1. The predicted octanol–water partition coefficient (Wildman–Crippen LogP) is 7.29. The number of H-pyrrole nitrogens is 2. The number of carboxylic acids is 1. The van der Waals surface area contributed by atoms with Gasteiger partial charge >= 0.3 is 5.97 Å². The topological polar surface area (TPSA) is 98.1 Å². The van der Waals surface area contributed by atoms with Gasteiger partial charge in [-0.25, -0.2) is 0 Å². The molecule has 2 aromatic heterocycles. The first-order valence-electron chi connectivity index (χ1n) is 15.0. The van der Waals surface area contributed by atoms with Gasteiger partial charge in [0.1, 0.15) is 0 Å². The van der Waals surface area contributed by atoms with Gasteiger partial charge in [0.05, 0.1) is 5.41 Å². The molecule has 0 bridgehead atoms. The first kappa shape index (κ1) is 29.9. The highest BCUT2D eigenvalue weighted by Crippen LogP contribution is 2.52. The van der Waals surface area contributed by atoms with Crippen molar-refractivity contribution in [2.45, 2.75) is 89.5 Å². The molecular formula is C34H48N4O2. The number of carboxylic acid groups (broad SMARTS) is 1. The van der Waals surface area contributed by atoms with Crippen LogP contribution in [0.5, 0.6) is 0 Å². The quantitative estimate of drug-likeness (QED) is 0.178. The van der Waals surface area contributed by atoms with E-state index in [4.69, 9.17) is 10.8 Å². The highest BCUT2D eigenvalue weighted by molar-refractivity contribution is 5.87. The Morgan fingerprint density at radius 1 is 0.925 bits per heavy atom. The van der Waals surface area contributed by atoms with Crippen LogP contribution in [0.4, 0.5) is 0 Å². The van der Waals surface area contributed by atoms with Crippen molar-refractivity contribution in [3.63, 3.8) is 0 Å². The van der Waals surface area contributed by atoms with E-state index in [1.165, 1.54) is 76.4 Å². The molecule has 1 saturated carbocycles. The first-order valence-corrected chi connectivity index (χ1v) is 15.0. The van der Waals surface area contributed by atoms with E-state index in [0.29, 0.717) is 6.54 Å². The Morgan fingerprint density at radius 2 is 1.48 bits per heavy atom. The zero-order valence-electron chi connectivity index (χ0n) is 25.1. The van der Waals surface area contributed by atoms with E-state index in [0.717, 1.165) is 19.3 Å². The summed E-state index contributed by atoms with van der Waals surface area (Å²) in [5.74, 6) is -0.745. The molecule has 0 spiro atoms. The number of unbranched alkanes of at least 4 members (excludes halogenated alkanes) is 1. The maximum atomic E-state index is 9.37. The summed E-state index contributed by atoms with van der Waals surface area (Å²) in [6.45, 7) is 6.89. The molecule has 0 atom stereocenters. The number of rotatable bonds is 9. The van der Waals surface area contributed by atoms with Gasteiger partial charge in [0.2, 0.25) is 0 Å². The summed E-state index contributed by atoms with van der Waals surface area (Å²) < 4.78 is 0. The number of aliphatic carboxylic acids is 1. The van der Waals surface area contributed by atoms with Crippen molar-refractivity contribution in [1.29, 1.82) is 0 Å². The Hall–Kier alpha value is -3.09. The second kappa shape index (κ2) is 12.6. The summed E-state index contributed by atoms with van der Waals surface area (Å²) in [6, 6.07) is 17.6. The van der Waals surface area contributed by atoms with Gasteiger partial charge in [0.25, 0.3) is 0 Å². The van der Waals surface area contributed by atoms with Gasteiger partial charge in [0, 0.05) is 45.2 Å². The molecule has 216 valence electrons. The molecule has 6 heteroatoms. The maximum Gasteiger partial charge on any atom is 0.303 e. The van der Waals surface area contributed by atoms with Crippen LogP contribution >= 0.6 is 0 Å². The summed E-state index contributed by atoms with van der Waals surface area (Å²) in [4.78, 5) is 19.8. The van der Waals surface area contributed by atoms with Crippen LogP contribution in [-0.4, -0.2) is 52.1 Å². The van der Waals surface area contributed by atoms with E-state index in [-0.39, 0.29) is 17.4 Å². The van der Waals surface area contributed by atoms with Crippen LogP contribution in [0.3, 0.4) is 0 Å². The predicted molar refractivity (Wildman–Crippen MR) is 167 cm³/mol. The molecule has 6 nitrogen and oxygen atoms in total. The second-order valence-electron chi connectivity index (χ2n) is 11.8. The third-order valence-electron chi connectivity index (χ3n) is 9.41. The number of aryl methyl sites for hydroxylation is 1. The standard InChI is InChI=1S/C31H42N4.C3H6O2/c1-5-6-16-30(35(3)4)17-19-31(20-18-30,28-22(2)23-11-7-9-13-26(23)33-28)29-25(15-21-32)24-12-8-10-14-27(24)34-29;1-2-3(4)5/h7-14,33-34H,5-6,15-21,32H2,1-4H3;2H2,1H3,(H,4,5). The molecule has 0 saturated heterocycles. The molecule has 0 amide bonds. The van der Waals surface area contributed by atoms with Gasteiger partial charge < -0.3 is 25.7 Å². The van der Waals surface area contributed by atoms with Crippen molar-refractivity contribution in [1.82, 2.24) is 14.9 Å². The van der Waals surface area contributed by atoms with Crippen LogP contribution in [0.1, 0.15) is 87.7 Å². The van der Waals surface area contributed by atoms with Crippen molar-refractivity contribution in [3.8, 4) is 0 Å². The number of aromatic amines is 2. The van der Waals surface area contributed by atoms with E-state index in [1.807, 2.05) is 0 Å². The molecule has 40 heavy (non-hydrogen) atoms. The smallest absolute Gasteiger partial charge is 0.303 e. The molecule has 5 rings (SSSR count). The fourth-order valence-corrected chi connectivity index (χ4v) is 6.97. The molecule has 0 unspecified atom stereocenters. The number of nitrogens with zero attached hydrogens (tertiary/aromatic N) is 1. The third-order valence-corrected chi connectivity index (χ3v) is 9.41. The molecule has 4 aromatic rings. The van der Waals surface area contributed by atoms with Gasteiger partial charge in [-0.1, -0.05) is 63.1 Å². The summed E-state index contributed by atoms with van der Waals surface area (Å²) in [7, 11) is 4.58. The molecule has 1 fully saturated rings. The van der Waals surface area contributed by atoms with Crippen molar-refractivity contribution in [2.24, 2.45) is 5.73 Å². The number of benzene rings is 2. The molecule has 5 N–H and O–H groups in total. The largest absolute Gasteiger partial charge is 0.481 e. The van der Waals surface area contributed by atoms with Crippen molar-refractivity contribution >= 4 is 27.8 Å². The summed E-state index contributed by atoms with van der Waals surface area (Å²) in [5.41, 5.74) is 14.5. The Bertz CT molecular complexity index is 1420. The third kappa shape index (κ3) is 5.57. The Labute approximate surface area is 239 Å². The van der Waals surface area contributed by atoms with Gasteiger partial charge in [0.15, 0.2) is 0 Å². The minimum absolute atomic E-state index is 0.0711. The highest BCUT2D eigenvalue weighted by Gasteiger charge is 2.48. The number of hydrogen-bond acceptors (Lipinski definition) is 3. The van der Waals surface area contributed by atoms with Gasteiger partial charge in [-0.15, -0.1) is 0 Å². The summed E-state index contributed by atoms with van der Waals surface area (Å²) in [6.07, 6.45) is 9.61. The average Bonchev–Trinajstić information content (AvgIpc) is 3.51. The van der Waals surface area contributed by atoms with Crippen LogP contribution in [0.15, 0.2) is 48.5 Å². The number of nitrogens with two attached hydrogens (primary N) is 1. The molecule has 0 aliphatic heterocycles. The lowest BCUT2D eigenvalue weighted by Crippen LogP contribution is -2.51. The van der Waals surface area contributed by atoms with Crippen LogP contribution in [0.2, 0.25) is 0 Å². The number of fused-ring (bicyclic) bond motifs is 2. The monoisotopic (exact) mass is 544 g/mol. The lowest BCUT2D eigenvalue weighted by molar-refractivity contribution is -0.136. The van der Waals surface area contributed by atoms with Crippen LogP contribution in [0, 0.1) is 6.92 Å². The maximum absolute atomic E-state index is 9.37. The molecule has 2 heterocycles. The Balaban J connectivity index is 0.000000681. The number of hydrogen-bond donors (Lipinski definition) is 4. The van der Waals surface area contributed by atoms with Gasteiger partial charge in [-0.3, -0.25) is 4.79 Å². The van der Waals surface area contributed by atoms with Crippen molar-refractivity contribution in [3.05, 3.63) is 71.0 Å². The fourth-order valence-electron chi connectivity index (χ4n) is 6.97. The molecule has 1 aliphatic carbocycles. The van der Waals surface area contributed by atoms with E-state index in [1.54, 1.807) is 6.92 Å². The minimum Gasteiger partial charge on any atom is -0.481 e. The van der Waals surface area contributed by atoms with Gasteiger partial charge in [-0.2, -0.15) is 0 Å². The molecule has 0 radical (unpaired) electrons. The van der Waals surface area contributed by atoms with Gasteiger partial charge in [-0.05, 0) is 89.3 Å². The Kier molecular flexibility index (Phi) is 9.42. The average molecular weight is 545 g/mol. The fraction of sp³-hybridized carbons (Fsp3) is 0.500. The minimum atomic E-state index is -0.745. The lowest BCUT2D eigenvalue weighted by atomic mass is 9.61. The number of para-hydroxylation sites is 2. The van der Waals surface area contributed by atoms with Crippen LogP contribution in [-0.2, 0) is 16.6 Å². The van der Waals surface area contributed by atoms with E-state index < -0.39 is 5.97 Å². The van der Waals surface area contributed by atoms with Crippen molar-refractivity contribution < 1.29 is 9.90 Å². The molecule has 2 aromatic carbocycles. The zero-order valence-corrected chi connectivity index (χ0v) is 25.1. The summed E-state index contributed by atoms with van der Waals surface area (Å²) in [5, 5.41) is 10.4. The highest BCUT2D eigenvalue weighted by atomic mass is 16.4. The second-order valence-corrected chi connectivity index (χ2v) is 11.8. The Morgan fingerprint density at radius 3 is 2.00 bits per heavy atom. The zero-order chi connectivity index (χ0) is 28.9. The van der Waals surface area contributed by atoms with E-state index in [9.17, 15) is 4.79 Å². The molecular weight excluding hydrogens is 496 g/mol. The van der Waals surface area contributed by atoms with Crippen LogP contribution < -0.4 is 5.73 Å². The van der Waals surface area contributed by atoms with E-state index in [2.05, 4.69) is 91.3 Å². The first-order chi connectivity index (χ1) is 19.2. The van der Waals surface area contributed by atoms with Crippen LogP contribution in [0.25, 0.3) is 21.8 Å². The van der Waals surface area contributed by atoms with Crippen molar-refractivity contribution in [2.75, 3.05) is 20.6 Å². The number of aromatic nitrogens is 2. The normalized spacial score (nSPS) is 21.1. The van der Waals surface area contributed by atoms with E-state index >= 15 is 0 Å². The SMILES string of the molecule is CCC(=O)O.CCCCC1(N(C)C)CCC(c2[nH]c3ccccc3c2C)(c2[nH]c3ccccc3c2CCN)CC1. The summed E-state index contributed by atoms with van der Waals surface area (Å²) >= 11 is 0. The number of nitrogens with one attached hydrogen (secondary N) is 2. The lowest BCUT2D eigenvalue weighted by Gasteiger charge is -2.50. The molecule has 1 aliphatic rings.